The van der Waals surface area contributed by atoms with Crippen LogP contribution in [-0.2, 0) is 4.79 Å². The molecule has 154 valence electrons. The molecular weight excluding hydrogens is 384 g/mol. The second kappa shape index (κ2) is 8.84. The van der Waals surface area contributed by atoms with Gasteiger partial charge in [0, 0.05) is 23.5 Å². The molecule has 0 saturated heterocycles. The van der Waals surface area contributed by atoms with E-state index in [-0.39, 0.29) is 0 Å². The van der Waals surface area contributed by atoms with Gasteiger partial charge in [-0.15, -0.1) is 0 Å². The lowest BCUT2D eigenvalue weighted by atomic mass is 9.86. The monoisotopic (exact) mass is 408 g/mol. The van der Waals surface area contributed by atoms with E-state index in [1.165, 1.54) is 17.4 Å². The number of allylic oxidation sites excluding steroid dienone is 1. The molecule has 0 radical (unpaired) electrons. The number of aliphatic carboxylic acids is 1. The van der Waals surface area contributed by atoms with Crippen LogP contribution in [0.5, 0.6) is 0 Å². The van der Waals surface area contributed by atoms with Crippen molar-refractivity contribution in [2.24, 2.45) is 5.92 Å². The molecule has 0 aromatic heterocycles. The van der Waals surface area contributed by atoms with E-state index in [0.29, 0.717) is 17.2 Å². The van der Waals surface area contributed by atoms with Crippen molar-refractivity contribution in [1.29, 1.82) is 5.41 Å². The van der Waals surface area contributed by atoms with Gasteiger partial charge in [0.25, 0.3) is 0 Å². The van der Waals surface area contributed by atoms with Crippen molar-refractivity contribution in [3.05, 3.63) is 107 Å². The van der Waals surface area contributed by atoms with Gasteiger partial charge >= 0.3 is 5.97 Å². The number of nitrogens with two attached hydrogens (primary N) is 1. The first-order valence-corrected chi connectivity index (χ1v) is 10.3. The van der Waals surface area contributed by atoms with Gasteiger partial charge in [0.1, 0.15) is 0 Å². The number of carboxylic acid groups (broad SMARTS) is 1. The molecule has 0 heterocycles. The Labute approximate surface area is 181 Å². The fourth-order valence-electron chi connectivity index (χ4n) is 3.84. The maximum atomic E-state index is 10.8. The van der Waals surface area contributed by atoms with Gasteiger partial charge in [0.2, 0.25) is 0 Å². The number of hydrogen-bond donors (Lipinski definition) is 3. The standard InChI is InChI=1S/C27H24N2O2/c28-17-23-16-22(13-14-24(23)29)27(20-9-6-18(7-10-20)8-15-25(30)31)26(21-11-12-21)19-4-2-1-3-5-19/h1-10,13-17,21,28H,11-12,29H2,(H,30,31)/b15-8+,27-26-,28-17?. The van der Waals surface area contributed by atoms with E-state index in [4.69, 9.17) is 16.2 Å². The van der Waals surface area contributed by atoms with E-state index in [0.717, 1.165) is 41.2 Å². The summed E-state index contributed by atoms with van der Waals surface area (Å²) in [6, 6.07) is 24.2. The van der Waals surface area contributed by atoms with E-state index in [1.54, 1.807) is 6.08 Å². The van der Waals surface area contributed by atoms with Crippen LogP contribution >= 0.6 is 0 Å². The van der Waals surface area contributed by atoms with E-state index in [2.05, 4.69) is 24.3 Å². The molecule has 0 spiro atoms. The molecule has 4 heteroatoms. The summed E-state index contributed by atoms with van der Waals surface area (Å²) in [6.45, 7) is 0. The summed E-state index contributed by atoms with van der Waals surface area (Å²) < 4.78 is 0. The summed E-state index contributed by atoms with van der Waals surface area (Å²) in [5, 5.41) is 16.6. The Bertz CT molecular complexity index is 1170. The van der Waals surface area contributed by atoms with Gasteiger partial charge in [0.15, 0.2) is 0 Å². The minimum Gasteiger partial charge on any atom is -0.478 e. The second-order valence-electron chi connectivity index (χ2n) is 7.71. The second-order valence-corrected chi connectivity index (χ2v) is 7.71. The van der Waals surface area contributed by atoms with Gasteiger partial charge in [-0.25, -0.2) is 4.79 Å². The number of carboxylic acids is 1. The van der Waals surface area contributed by atoms with Crippen molar-refractivity contribution in [3.63, 3.8) is 0 Å². The van der Waals surface area contributed by atoms with Gasteiger partial charge < -0.3 is 16.2 Å². The highest BCUT2D eigenvalue weighted by atomic mass is 16.4. The number of rotatable bonds is 7. The average molecular weight is 409 g/mol. The molecule has 4 nitrogen and oxygen atoms in total. The molecule has 1 fully saturated rings. The van der Waals surface area contributed by atoms with Crippen molar-refractivity contribution >= 4 is 35.1 Å². The lowest BCUT2D eigenvalue weighted by Crippen LogP contribution is -2.00. The van der Waals surface area contributed by atoms with E-state index in [1.807, 2.05) is 48.5 Å². The Morgan fingerprint density at radius 3 is 2.23 bits per heavy atom. The highest BCUT2D eigenvalue weighted by Gasteiger charge is 2.30. The predicted octanol–water partition coefficient (Wildman–Crippen LogP) is 5.73. The van der Waals surface area contributed by atoms with Crippen LogP contribution in [0.15, 0.2) is 78.9 Å². The molecule has 0 atom stereocenters. The fraction of sp³-hybridized carbons (Fsp3) is 0.111. The van der Waals surface area contributed by atoms with Crippen molar-refractivity contribution in [2.45, 2.75) is 12.8 Å². The highest BCUT2D eigenvalue weighted by Crippen LogP contribution is 2.47. The number of hydrogen-bond acceptors (Lipinski definition) is 3. The van der Waals surface area contributed by atoms with Crippen LogP contribution in [0.4, 0.5) is 5.69 Å². The summed E-state index contributed by atoms with van der Waals surface area (Å²) in [5.41, 5.74) is 13.9. The van der Waals surface area contributed by atoms with E-state index < -0.39 is 5.97 Å². The maximum absolute atomic E-state index is 10.8. The summed E-state index contributed by atoms with van der Waals surface area (Å²) in [4.78, 5) is 10.8. The van der Waals surface area contributed by atoms with Crippen LogP contribution in [0.1, 0.15) is 40.7 Å². The molecule has 3 aromatic carbocycles. The summed E-state index contributed by atoms with van der Waals surface area (Å²) in [5.74, 6) is -0.476. The highest BCUT2D eigenvalue weighted by molar-refractivity contribution is 6.01. The Morgan fingerprint density at radius 2 is 1.61 bits per heavy atom. The third kappa shape index (κ3) is 4.64. The Kier molecular flexibility index (Phi) is 5.80. The lowest BCUT2D eigenvalue weighted by molar-refractivity contribution is -0.131. The normalized spacial score (nSPS) is 14.3. The van der Waals surface area contributed by atoms with Gasteiger partial charge in [-0.05, 0) is 70.4 Å². The molecule has 1 saturated carbocycles. The maximum Gasteiger partial charge on any atom is 0.328 e. The predicted molar refractivity (Wildman–Crippen MR) is 127 cm³/mol. The Hall–Kier alpha value is -3.92. The topological polar surface area (TPSA) is 87.2 Å². The zero-order chi connectivity index (χ0) is 21.8. The summed E-state index contributed by atoms with van der Waals surface area (Å²) in [6.07, 6.45) is 6.32. The van der Waals surface area contributed by atoms with Crippen molar-refractivity contribution in [2.75, 3.05) is 5.73 Å². The third-order valence-corrected chi connectivity index (χ3v) is 5.49. The number of benzene rings is 3. The molecule has 3 aromatic rings. The largest absolute Gasteiger partial charge is 0.478 e. The Morgan fingerprint density at radius 1 is 0.935 bits per heavy atom. The minimum atomic E-state index is -0.967. The zero-order valence-electron chi connectivity index (χ0n) is 17.1. The molecule has 1 aliphatic carbocycles. The Balaban J connectivity index is 1.91. The quantitative estimate of drug-likeness (QED) is 0.202. The SMILES string of the molecule is N=Cc1cc(/C(=C(/c2ccccc2)C2CC2)c2ccc(/C=C/C(=O)O)cc2)ccc1N. The lowest BCUT2D eigenvalue weighted by Gasteiger charge is -2.18. The molecular formula is C27H24N2O2. The third-order valence-electron chi connectivity index (χ3n) is 5.49. The van der Waals surface area contributed by atoms with Crippen molar-refractivity contribution < 1.29 is 9.90 Å². The van der Waals surface area contributed by atoms with Crippen LogP contribution < -0.4 is 5.73 Å². The molecule has 0 amide bonds. The van der Waals surface area contributed by atoms with Crippen LogP contribution in [0.3, 0.4) is 0 Å². The van der Waals surface area contributed by atoms with Crippen LogP contribution in [0.2, 0.25) is 0 Å². The van der Waals surface area contributed by atoms with Crippen molar-refractivity contribution in [1.82, 2.24) is 0 Å². The van der Waals surface area contributed by atoms with Crippen molar-refractivity contribution in [3.8, 4) is 0 Å². The number of nitrogen functional groups attached to an aromatic ring is 1. The average Bonchev–Trinajstić information content (AvgIpc) is 3.63. The first-order chi connectivity index (χ1) is 15.1. The first kappa shape index (κ1) is 20.4. The van der Waals surface area contributed by atoms with E-state index >= 15 is 0 Å². The van der Waals surface area contributed by atoms with Crippen LogP contribution in [0, 0.1) is 11.3 Å². The van der Waals surface area contributed by atoms with Gasteiger partial charge in [-0.3, -0.25) is 0 Å². The number of anilines is 1. The number of nitrogens with one attached hydrogen (secondary N) is 1. The van der Waals surface area contributed by atoms with E-state index in [9.17, 15) is 4.79 Å². The molecule has 0 unspecified atom stereocenters. The first-order valence-electron chi connectivity index (χ1n) is 10.3. The minimum absolute atomic E-state index is 0.491. The van der Waals surface area contributed by atoms with Crippen LogP contribution in [-0.4, -0.2) is 17.3 Å². The molecule has 4 rings (SSSR count). The van der Waals surface area contributed by atoms with Gasteiger partial charge in [0.05, 0.1) is 0 Å². The fourth-order valence-corrected chi connectivity index (χ4v) is 3.84. The zero-order valence-corrected chi connectivity index (χ0v) is 17.1. The van der Waals surface area contributed by atoms with Gasteiger partial charge in [-0.2, -0.15) is 0 Å². The molecule has 0 bridgehead atoms. The molecule has 1 aliphatic rings. The summed E-state index contributed by atoms with van der Waals surface area (Å²) >= 11 is 0. The summed E-state index contributed by atoms with van der Waals surface area (Å²) in [7, 11) is 0. The molecule has 31 heavy (non-hydrogen) atoms. The number of carbonyl (C=O) groups is 1. The molecule has 0 aliphatic heterocycles. The molecule has 4 N–H and O–H groups in total. The smallest absolute Gasteiger partial charge is 0.328 e. The van der Waals surface area contributed by atoms with Gasteiger partial charge in [-0.1, -0.05) is 60.7 Å². The van der Waals surface area contributed by atoms with Crippen LogP contribution in [0.25, 0.3) is 17.2 Å².